The van der Waals surface area contributed by atoms with Crippen LogP contribution < -0.4 is 4.74 Å². The molecular weight excluding hydrogens is 395 g/mol. The molecule has 0 aliphatic rings. The van der Waals surface area contributed by atoms with E-state index in [4.69, 9.17) is 14.8 Å². The SMILES string of the molecule is CCN(CC)C(=O)Cc1c(-c2ccc(OCCF)cc2)nn2c(C)cc(C(C)C)nc12. The Hall–Kier alpha value is -2.96. The zero-order valence-corrected chi connectivity index (χ0v) is 19.0. The van der Waals surface area contributed by atoms with Crippen LogP contribution in [0.1, 0.15) is 50.6 Å². The minimum Gasteiger partial charge on any atom is -0.491 e. The number of nitrogens with zero attached hydrogens (tertiary/aromatic N) is 4. The highest BCUT2D eigenvalue weighted by Crippen LogP contribution is 2.29. The van der Waals surface area contributed by atoms with E-state index in [1.54, 1.807) is 12.1 Å². The van der Waals surface area contributed by atoms with Crippen LogP contribution in [0.5, 0.6) is 5.75 Å². The van der Waals surface area contributed by atoms with Gasteiger partial charge in [-0.1, -0.05) is 13.8 Å². The zero-order chi connectivity index (χ0) is 22.5. The predicted molar refractivity (Wildman–Crippen MR) is 120 cm³/mol. The van der Waals surface area contributed by atoms with Gasteiger partial charge in [0.05, 0.1) is 12.1 Å². The van der Waals surface area contributed by atoms with Crippen molar-refractivity contribution in [3.63, 3.8) is 0 Å². The Bertz CT molecular complexity index is 1040. The highest BCUT2D eigenvalue weighted by molar-refractivity contribution is 5.84. The Morgan fingerprint density at radius 3 is 2.45 bits per heavy atom. The van der Waals surface area contributed by atoms with E-state index in [2.05, 4.69) is 13.8 Å². The molecule has 3 rings (SSSR count). The van der Waals surface area contributed by atoms with Gasteiger partial charge in [0.15, 0.2) is 5.65 Å². The van der Waals surface area contributed by atoms with Crippen molar-refractivity contribution in [2.24, 2.45) is 0 Å². The number of ether oxygens (including phenoxy) is 1. The monoisotopic (exact) mass is 426 g/mol. The molecule has 0 aliphatic carbocycles. The number of amides is 1. The Balaban J connectivity index is 2.13. The number of carbonyl (C=O) groups is 1. The van der Waals surface area contributed by atoms with Gasteiger partial charge in [0.1, 0.15) is 19.0 Å². The molecule has 1 aromatic carbocycles. The predicted octanol–water partition coefficient (Wildman–Crippen LogP) is 4.59. The zero-order valence-electron chi connectivity index (χ0n) is 19.0. The van der Waals surface area contributed by atoms with Crippen molar-refractivity contribution in [3.05, 3.63) is 47.3 Å². The lowest BCUT2D eigenvalue weighted by Crippen LogP contribution is -2.31. The number of likely N-dealkylation sites (N-methyl/N-ethyl adjacent to an activating group) is 1. The molecule has 0 saturated carbocycles. The average Bonchev–Trinajstić information content (AvgIpc) is 3.12. The lowest BCUT2D eigenvalue weighted by Gasteiger charge is -2.18. The first kappa shape index (κ1) is 22.7. The summed E-state index contributed by atoms with van der Waals surface area (Å²) in [6, 6.07) is 9.41. The van der Waals surface area contributed by atoms with Crippen molar-refractivity contribution in [3.8, 4) is 17.0 Å². The first-order chi connectivity index (χ1) is 14.9. The van der Waals surface area contributed by atoms with Gasteiger partial charge in [0.25, 0.3) is 0 Å². The summed E-state index contributed by atoms with van der Waals surface area (Å²) in [4.78, 5) is 19.7. The summed E-state index contributed by atoms with van der Waals surface area (Å²) >= 11 is 0. The number of aryl methyl sites for hydroxylation is 1. The third kappa shape index (κ3) is 4.86. The molecule has 0 atom stereocenters. The summed E-state index contributed by atoms with van der Waals surface area (Å²) in [5.41, 5.74) is 5.08. The molecule has 7 heteroatoms. The van der Waals surface area contributed by atoms with E-state index < -0.39 is 6.67 Å². The van der Waals surface area contributed by atoms with Crippen molar-refractivity contribution < 1.29 is 13.9 Å². The molecule has 6 nitrogen and oxygen atoms in total. The topological polar surface area (TPSA) is 59.7 Å². The van der Waals surface area contributed by atoms with E-state index in [9.17, 15) is 9.18 Å². The molecule has 0 radical (unpaired) electrons. The van der Waals surface area contributed by atoms with Gasteiger partial charge in [-0.25, -0.2) is 13.9 Å². The number of alkyl halides is 1. The lowest BCUT2D eigenvalue weighted by atomic mass is 10.0. The van der Waals surface area contributed by atoms with Gasteiger partial charge < -0.3 is 9.64 Å². The van der Waals surface area contributed by atoms with Crippen molar-refractivity contribution in [1.29, 1.82) is 0 Å². The molecule has 31 heavy (non-hydrogen) atoms. The van der Waals surface area contributed by atoms with E-state index in [1.165, 1.54) is 0 Å². The van der Waals surface area contributed by atoms with Gasteiger partial charge in [-0.2, -0.15) is 5.10 Å². The number of halogens is 1. The molecule has 1 amide bonds. The molecule has 0 fully saturated rings. The van der Waals surface area contributed by atoms with Crippen LogP contribution in [0.3, 0.4) is 0 Å². The van der Waals surface area contributed by atoms with Gasteiger partial charge in [-0.05, 0) is 57.0 Å². The van der Waals surface area contributed by atoms with Crippen molar-refractivity contribution >= 4 is 11.6 Å². The van der Waals surface area contributed by atoms with Crippen molar-refractivity contribution in [2.45, 2.75) is 47.0 Å². The number of hydrogen-bond acceptors (Lipinski definition) is 4. The number of benzene rings is 1. The van der Waals surface area contributed by atoms with Crippen LogP contribution in [0, 0.1) is 6.92 Å². The van der Waals surface area contributed by atoms with E-state index in [0.717, 1.165) is 33.9 Å². The quantitative estimate of drug-likeness (QED) is 0.502. The summed E-state index contributed by atoms with van der Waals surface area (Å²) in [6.45, 7) is 11.0. The van der Waals surface area contributed by atoms with Gasteiger partial charge in [0.2, 0.25) is 5.91 Å². The molecule has 0 unspecified atom stereocenters. The highest BCUT2D eigenvalue weighted by atomic mass is 19.1. The second kappa shape index (κ2) is 9.90. The number of rotatable bonds is 9. The smallest absolute Gasteiger partial charge is 0.227 e. The molecular formula is C24H31FN4O2. The van der Waals surface area contributed by atoms with Crippen molar-refractivity contribution in [2.75, 3.05) is 26.4 Å². The maximum atomic E-state index is 13.0. The van der Waals surface area contributed by atoms with Gasteiger partial charge >= 0.3 is 0 Å². The normalized spacial score (nSPS) is 11.3. The summed E-state index contributed by atoms with van der Waals surface area (Å²) in [6.07, 6.45) is 0.231. The number of carbonyl (C=O) groups excluding carboxylic acids is 1. The summed E-state index contributed by atoms with van der Waals surface area (Å²) in [5, 5.41) is 4.82. The Kier molecular flexibility index (Phi) is 7.25. The number of fused-ring (bicyclic) bond motifs is 1. The highest BCUT2D eigenvalue weighted by Gasteiger charge is 2.22. The Morgan fingerprint density at radius 2 is 1.87 bits per heavy atom. The first-order valence-electron chi connectivity index (χ1n) is 10.9. The molecule has 2 heterocycles. The van der Waals surface area contributed by atoms with Crippen LogP contribution in [0.2, 0.25) is 0 Å². The maximum Gasteiger partial charge on any atom is 0.227 e. The second-order valence-corrected chi connectivity index (χ2v) is 7.84. The molecule has 0 bridgehead atoms. The third-order valence-electron chi connectivity index (χ3n) is 5.39. The summed E-state index contributed by atoms with van der Waals surface area (Å²) in [7, 11) is 0. The van der Waals surface area contributed by atoms with Crippen LogP contribution >= 0.6 is 0 Å². The maximum absolute atomic E-state index is 13.0. The second-order valence-electron chi connectivity index (χ2n) is 7.84. The lowest BCUT2D eigenvalue weighted by molar-refractivity contribution is -0.130. The van der Waals surface area contributed by atoms with Crippen LogP contribution in [0.25, 0.3) is 16.9 Å². The van der Waals surface area contributed by atoms with Gasteiger partial charge in [0, 0.05) is 35.6 Å². The molecule has 0 saturated heterocycles. The Morgan fingerprint density at radius 1 is 1.19 bits per heavy atom. The Labute approximate surface area is 183 Å². The van der Waals surface area contributed by atoms with E-state index in [0.29, 0.717) is 18.8 Å². The number of hydrogen-bond donors (Lipinski definition) is 0. The molecule has 3 aromatic rings. The third-order valence-corrected chi connectivity index (χ3v) is 5.39. The number of aromatic nitrogens is 3. The van der Waals surface area contributed by atoms with Crippen LogP contribution in [-0.4, -0.2) is 51.8 Å². The fraction of sp³-hybridized carbons (Fsp3) is 0.458. The summed E-state index contributed by atoms with van der Waals surface area (Å²) < 4.78 is 19.6. The molecule has 0 spiro atoms. The molecule has 0 aliphatic heterocycles. The first-order valence-corrected chi connectivity index (χ1v) is 10.9. The van der Waals surface area contributed by atoms with E-state index in [1.807, 2.05) is 48.4 Å². The van der Waals surface area contributed by atoms with Crippen molar-refractivity contribution in [1.82, 2.24) is 19.5 Å². The minimum absolute atomic E-state index is 0.0262. The fourth-order valence-electron chi connectivity index (χ4n) is 3.63. The average molecular weight is 427 g/mol. The van der Waals surface area contributed by atoms with Crippen LogP contribution in [0.4, 0.5) is 4.39 Å². The van der Waals surface area contributed by atoms with Gasteiger partial charge in [-0.15, -0.1) is 0 Å². The molecule has 0 N–H and O–H groups in total. The largest absolute Gasteiger partial charge is 0.491 e. The van der Waals surface area contributed by atoms with Crippen LogP contribution in [0.15, 0.2) is 30.3 Å². The van der Waals surface area contributed by atoms with Crippen LogP contribution in [-0.2, 0) is 11.2 Å². The standard InChI is InChI=1S/C24H31FN4O2/c1-6-28(7-2)22(30)15-20-23(18-8-10-19(11-9-18)31-13-12-25)27-29-17(5)14-21(16(3)4)26-24(20)29/h8-11,14,16H,6-7,12-13,15H2,1-5H3. The van der Waals surface area contributed by atoms with Gasteiger partial charge in [-0.3, -0.25) is 4.79 Å². The molecule has 2 aromatic heterocycles. The molecule has 166 valence electrons. The summed E-state index contributed by atoms with van der Waals surface area (Å²) in [5.74, 6) is 0.918. The van der Waals surface area contributed by atoms with E-state index in [-0.39, 0.29) is 24.9 Å². The minimum atomic E-state index is -0.533. The van der Waals surface area contributed by atoms with E-state index >= 15 is 0 Å². The fourth-order valence-corrected chi connectivity index (χ4v) is 3.63.